The lowest BCUT2D eigenvalue weighted by atomic mass is 9.85. The average Bonchev–Trinajstić information content (AvgIpc) is 3.45. The molecule has 0 aliphatic rings. The summed E-state index contributed by atoms with van der Waals surface area (Å²) in [6, 6.07) is 15.3. The minimum Gasteiger partial charge on any atom is -0.251 e. The third-order valence-corrected chi connectivity index (χ3v) is 6.84. The Morgan fingerprint density at radius 3 is 1.87 bits per heavy atom. The number of alkyl halides is 2. The average molecular weight is 526 g/mol. The van der Waals surface area contributed by atoms with E-state index in [2.05, 4.69) is 55.1 Å². The Morgan fingerprint density at radius 1 is 0.692 bits per heavy atom. The summed E-state index contributed by atoms with van der Waals surface area (Å²) >= 11 is 0. The van der Waals surface area contributed by atoms with Crippen molar-refractivity contribution in [2.75, 3.05) is 13.3 Å². The van der Waals surface area contributed by atoms with E-state index < -0.39 is 0 Å². The molecule has 0 fully saturated rings. The topological polar surface area (TPSA) is 67.3 Å². The zero-order valence-corrected chi connectivity index (χ0v) is 22.0. The minimum atomic E-state index is -0.387. The Kier molecular flexibility index (Phi) is 11.0. The van der Waals surface area contributed by atoms with Gasteiger partial charge in [-0.2, -0.15) is 15.4 Å². The van der Waals surface area contributed by atoms with Gasteiger partial charge in [0.25, 0.3) is 0 Å². The maximum Gasteiger partial charge on any atom is 0.116 e. The third-order valence-electron chi connectivity index (χ3n) is 6.84. The molecule has 0 saturated carbocycles. The van der Waals surface area contributed by atoms with Gasteiger partial charge in [-0.15, -0.1) is 0 Å². The first kappa shape index (κ1) is 27.9. The Balaban J connectivity index is 1.46. The van der Waals surface area contributed by atoms with Gasteiger partial charge in [-0.25, -0.2) is 9.97 Å². The van der Waals surface area contributed by atoms with Crippen molar-refractivity contribution in [2.45, 2.75) is 51.4 Å². The summed E-state index contributed by atoms with van der Waals surface area (Å²) in [5, 5.41) is 11.4. The number of fused-ring (bicyclic) bond motifs is 1. The lowest BCUT2D eigenvalue weighted by Gasteiger charge is -2.20. The molecule has 0 radical (unpaired) electrons. The van der Waals surface area contributed by atoms with Crippen molar-refractivity contribution in [1.82, 2.24) is 25.4 Å². The predicted molar refractivity (Wildman–Crippen MR) is 150 cm³/mol. The molecule has 1 N–H and O–H groups in total. The van der Waals surface area contributed by atoms with E-state index in [1.807, 2.05) is 42.5 Å². The molecule has 5 nitrogen and oxygen atoms in total. The van der Waals surface area contributed by atoms with Crippen LogP contribution in [0.25, 0.3) is 11.0 Å². The van der Waals surface area contributed by atoms with Crippen LogP contribution in [-0.2, 0) is 12.8 Å². The van der Waals surface area contributed by atoms with Crippen LogP contribution in [0.2, 0.25) is 0 Å². The Morgan fingerprint density at radius 2 is 1.31 bits per heavy atom. The van der Waals surface area contributed by atoms with Crippen molar-refractivity contribution in [3.8, 4) is 23.7 Å². The van der Waals surface area contributed by atoms with Crippen LogP contribution in [0.5, 0.6) is 0 Å². The number of halogens is 2. The highest BCUT2D eigenvalue weighted by molar-refractivity contribution is 5.78. The van der Waals surface area contributed by atoms with Crippen molar-refractivity contribution < 1.29 is 8.78 Å². The van der Waals surface area contributed by atoms with Crippen molar-refractivity contribution in [3.05, 3.63) is 83.4 Å². The summed E-state index contributed by atoms with van der Waals surface area (Å²) in [5.74, 6) is 12.8. The second kappa shape index (κ2) is 15.3. The summed E-state index contributed by atoms with van der Waals surface area (Å²) in [5.41, 5.74) is 5.26. The number of hydrogen-bond donors (Lipinski definition) is 1. The molecule has 3 aromatic heterocycles. The lowest BCUT2D eigenvalue weighted by Crippen LogP contribution is -2.12. The largest absolute Gasteiger partial charge is 0.251 e. The van der Waals surface area contributed by atoms with E-state index in [-0.39, 0.29) is 25.2 Å². The molecular weight excluding hydrogens is 492 g/mol. The van der Waals surface area contributed by atoms with E-state index >= 15 is 0 Å². The number of nitrogens with one attached hydrogen (secondary N) is 1. The van der Waals surface area contributed by atoms with Crippen molar-refractivity contribution in [1.29, 1.82) is 0 Å². The predicted octanol–water partition coefficient (Wildman–Crippen LogP) is 6.45. The fourth-order valence-electron chi connectivity index (χ4n) is 4.77. The van der Waals surface area contributed by atoms with Crippen LogP contribution in [0.3, 0.4) is 0 Å². The maximum atomic E-state index is 13.5. The van der Waals surface area contributed by atoms with E-state index in [1.165, 1.54) is 0 Å². The summed E-state index contributed by atoms with van der Waals surface area (Å²) in [6.07, 6.45) is 8.65. The van der Waals surface area contributed by atoms with Gasteiger partial charge < -0.3 is 0 Å². The normalized spacial score (nSPS) is 12.3. The SMILES string of the molecule is FCCC(CCC#Cc1ccccn1)Cc1ccc2n[nH]nc2c1CC(CCF)CCC#Cc1ccccn1. The van der Waals surface area contributed by atoms with Crippen molar-refractivity contribution >= 4 is 11.0 Å². The molecular formula is C32H33F2N5. The summed E-state index contributed by atoms with van der Waals surface area (Å²) in [7, 11) is 0. The van der Waals surface area contributed by atoms with Gasteiger partial charge in [-0.1, -0.05) is 30.0 Å². The highest BCUT2D eigenvalue weighted by Gasteiger charge is 2.19. The number of nitrogens with zero attached hydrogens (tertiary/aromatic N) is 4. The van der Waals surface area contributed by atoms with Crippen LogP contribution in [0.1, 0.15) is 61.0 Å². The molecule has 0 amide bonds. The number of aromatic amines is 1. The molecule has 4 aromatic rings. The Bertz CT molecular complexity index is 1410. The van der Waals surface area contributed by atoms with Crippen LogP contribution in [0, 0.1) is 35.5 Å². The number of pyridine rings is 2. The summed E-state index contributed by atoms with van der Waals surface area (Å²) < 4.78 is 27.0. The highest BCUT2D eigenvalue weighted by atomic mass is 19.1. The van der Waals surface area contributed by atoms with E-state index in [9.17, 15) is 8.78 Å². The molecule has 7 heteroatoms. The summed E-state index contributed by atoms with van der Waals surface area (Å²) in [6.45, 7) is -0.763. The zero-order valence-electron chi connectivity index (χ0n) is 22.0. The first-order valence-corrected chi connectivity index (χ1v) is 13.5. The molecule has 0 bridgehead atoms. The molecule has 2 unspecified atom stereocenters. The maximum absolute atomic E-state index is 13.5. The smallest absolute Gasteiger partial charge is 0.116 e. The lowest BCUT2D eigenvalue weighted by molar-refractivity contribution is 0.363. The van der Waals surface area contributed by atoms with Crippen LogP contribution >= 0.6 is 0 Å². The van der Waals surface area contributed by atoms with Gasteiger partial charge >= 0.3 is 0 Å². The Hall–Kier alpha value is -4.10. The number of aromatic nitrogens is 5. The summed E-state index contributed by atoms with van der Waals surface area (Å²) in [4.78, 5) is 8.47. The molecule has 39 heavy (non-hydrogen) atoms. The van der Waals surface area contributed by atoms with Gasteiger partial charge in [-0.05, 0) is 104 Å². The fraction of sp³-hybridized carbons (Fsp3) is 0.375. The molecule has 4 rings (SSSR count). The van der Waals surface area contributed by atoms with Crippen molar-refractivity contribution in [2.24, 2.45) is 11.8 Å². The van der Waals surface area contributed by atoms with Crippen LogP contribution < -0.4 is 0 Å². The standard InChI is InChI=1S/C32H33F2N5/c33-19-17-25(9-1-3-11-28-13-5-7-21-35-28)23-27-15-16-31-32(38-39-37-31)30(27)24-26(18-20-34)10-2-4-12-29-14-6-8-22-36-29/h5-8,13-16,21-22,25-26H,1-2,9-10,17-20,23-24H2,(H,37,38,39). The van der Waals surface area contributed by atoms with Gasteiger partial charge in [0, 0.05) is 25.2 Å². The van der Waals surface area contributed by atoms with Crippen molar-refractivity contribution in [3.63, 3.8) is 0 Å². The van der Waals surface area contributed by atoms with E-state index in [1.54, 1.807) is 12.4 Å². The second-order valence-electron chi connectivity index (χ2n) is 9.60. The zero-order chi connectivity index (χ0) is 27.1. The first-order chi connectivity index (χ1) is 19.3. The van der Waals surface area contributed by atoms with Crippen LogP contribution in [0.4, 0.5) is 8.78 Å². The molecule has 200 valence electrons. The second-order valence-corrected chi connectivity index (χ2v) is 9.60. The number of H-pyrrole nitrogens is 1. The number of benzene rings is 1. The van der Waals surface area contributed by atoms with E-state index in [0.717, 1.165) is 52.8 Å². The van der Waals surface area contributed by atoms with Gasteiger partial charge in [0.1, 0.15) is 22.4 Å². The Labute approximate surface area is 228 Å². The highest BCUT2D eigenvalue weighted by Crippen LogP contribution is 2.29. The molecule has 2 atom stereocenters. The molecule has 3 heterocycles. The molecule has 0 aliphatic carbocycles. The van der Waals surface area contributed by atoms with Gasteiger partial charge in [0.05, 0.1) is 13.3 Å². The van der Waals surface area contributed by atoms with Crippen LogP contribution in [0.15, 0.2) is 60.9 Å². The first-order valence-electron chi connectivity index (χ1n) is 13.5. The molecule has 0 aliphatic heterocycles. The molecule has 1 aromatic carbocycles. The van der Waals surface area contributed by atoms with Gasteiger partial charge in [-0.3, -0.25) is 8.78 Å². The molecule has 0 spiro atoms. The number of rotatable bonds is 12. The van der Waals surface area contributed by atoms with Crippen LogP contribution in [-0.4, -0.2) is 38.7 Å². The van der Waals surface area contributed by atoms with E-state index in [4.69, 9.17) is 0 Å². The molecule has 0 saturated heterocycles. The van der Waals surface area contributed by atoms with E-state index in [0.29, 0.717) is 32.1 Å². The fourth-order valence-corrected chi connectivity index (χ4v) is 4.77. The monoisotopic (exact) mass is 525 g/mol. The third kappa shape index (κ3) is 8.72. The minimum absolute atomic E-state index is 0.109. The number of hydrogen-bond acceptors (Lipinski definition) is 4. The van der Waals surface area contributed by atoms with Gasteiger partial charge in [0.15, 0.2) is 0 Å². The van der Waals surface area contributed by atoms with Gasteiger partial charge in [0.2, 0.25) is 0 Å². The quantitative estimate of drug-likeness (QED) is 0.216.